The zero-order valence-electron chi connectivity index (χ0n) is 19.0. The fraction of sp³-hybridized carbons (Fsp3) is 0.417. The Hall–Kier alpha value is -2.54. The van der Waals surface area contributed by atoms with E-state index in [9.17, 15) is 26.7 Å². The van der Waals surface area contributed by atoms with Gasteiger partial charge in [-0.25, -0.2) is 8.42 Å². The lowest BCUT2D eigenvalue weighted by Gasteiger charge is -2.29. The monoisotopic (exact) mass is 482 g/mol. The van der Waals surface area contributed by atoms with Crippen molar-refractivity contribution in [3.05, 3.63) is 60.2 Å². The normalized spacial score (nSPS) is 14.0. The van der Waals surface area contributed by atoms with Crippen molar-refractivity contribution in [1.29, 1.82) is 0 Å². The van der Waals surface area contributed by atoms with Gasteiger partial charge < -0.3 is 10.4 Å². The molecule has 2 aromatic rings. The van der Waals surface area contributed by atoms with Crippen molar-refractivity contribution in [2.75, 3.05) is 17.4 Å². The molecule has 1 unspecified atom stereocenters. The minimum Gasteiger partial charge on any atom is -0.366 e. The fourth-order valence-electron chi connectivity index (χ4n) is 3.01. The van der Waals surface area contributed by atoms with Crippen LogP contribution in [-0.2, 0) is 15.6 Å². The van der Waals surface area contributed by atoms with Gasteiger partial charge >= 0.3 is 6.18 Å². The van der Waals surface area contributed by atoms with E-state index in [1.54, 1.807) is 32.0 Å². The third kappa shape index (κ3) is 6.50. The topological polar surface area (TPSA) is 69.6 Å². The van der Waals surface area contributed by atoms with Gasteiger partial charge in [-0.3, -0.25) is 4.31 Å². The molecule has 0 aromatic heterocycles. The maximum atomic E-state index is 13.9. The van der Waals surface area contributed by atoms with Crippen molar-refractivity contribution in [2.45, 2.75) is 50.4 Å². The van der Waals surface area contributed by atoms with E-state index in [0.717, 1.165) is 16.4 Å². The number of aliphatic hydroxyl groups is 1. The summed E-state index contributed by atoms with van der Waals surface area (Å²) in [7, 11) is -4.05. The second-order valence-corrected chi connectivity index (χ2v) is 10.2. The molecule has 0 spiro atoms. The molecule has 0 radical (unpaired) electrons. The van der Waals surface area contributed by atoms with Crippen LogP contribution in [0.25, 0.3) is 0 Å². The standard InChI is InChI=1S/C24H29F3N2O3S/c1-18(2)17-29(33(31,32)22-12-6-5-7-13-22)21-11-8-10-20(16-21)23(30,24(25,26)27)14-9-15-28-19(3)4/h5-8,10-13,16,18-19,28,30H,15,17H2,1-4H3. The molecule has 0 saturated carbocycles. The lowest BCUT2D eigenvalue weighted by molar-refractivity contribution is -0.240. The molecule has 2 rings (SSSR count). The van der Waals surface area contributed by atoms with Gasteiger partial charge in [0.15, 0.2) is 0 Å². The van der Waals surface area contributed by atoms with Crippen LogP contribution in [0.15, 0.2) is 59.5 Å². The second kappa shape index (κ2) is 10.6. The molecule has 2 N–H and O–H groups in total. The highest BCUT2D eigenvalue weighted by Gasteiger charge is 2.54. The number of nitrogens with one attached hydrogen (secondary N) is 1. The Bertz CT molecular complexity index is 1090. The molecular formula is C24H29F3N2O3S. The Morgan fingerprint density at radius 2 is 1.67 bits per heavy atom. The van der Waals surface area contributed by atoms with E-state index in [2.05, 4.69) is 11.2 Å². The van der Waals surface area contributed by atoms with Crippen LogP contribution in [-0.4, -0.2) is 38.8 Å². The van der Waals surface area contributed by atoms with Crippen LogP contribution in [0.1, 0.15) is 33.3 Å². The van der Waals surface area contributed by atoms with Crippen molar-refractivity contribution in [3.8, 4) is 11.8 Å². The van der Waals surface area contributed by atoms with Gasteiger partial charge in [0.05, 0.1) is 17.1 Å². The predicted octanol–water partition coefficient (Wildman–Crippen LogP) is 4.29. The number of anilines is 1. The number of rotatable bonds is 8. The van der Waals surface area contributed by atoms with Crippen molar-refractivity contribution in [3.63, 3.8) is 0 Å². The summed E-state index contributed by atoms with van der Waals surface area (Å²) in [5.74, 6) is 4.16. The van der Waals surface area contributed by atoms with Crippen LogP contribution in [0.2, 0.25) is 0 Å². The third-order valence-electron chi connectivity index (χ3n) is 4.69. The summed E-state index contributed by atoms with van der Waals surface area (Å²) < 4.78 is 69.4. The largest absolute Gasteiger partial charge is 0.433 e. The minimum absolute atomic E-state index is 0.00870. The van der Waals surface area contributed by atoms with Gasteiger partial charge in [0.25, 0.3) is 10.0 Å². The third-order valence-corrected chi connectivity index (χ3v) is 6.50. The predicted molar refractivity (Wildman–Crippen MR) is 123 cm³/mol. The maximum Gasteiger partial charge on any atom is 0.433 e. The lowest BCUT2D eigenvalue weighted by atomic mass is 9.93. The summed E-state index contributed by atoms with van der Waals surface area (Å²) in [5, 5.41) is 13.5. The van der Waals surface area contributed by atoms with Crippen molar-refractivity contribution in [2.24, 2.45) is 5.92 Å². The molecule has 0 fully saturated rings. The first-order valence-electron chi connectivity index (χ1n) is 10.5. The van der Waals surface area contributed by atoms with Gasteiger partial charge in [-0.1, -0.05) is 56.0 Å². The maximum absolute atomic E-state index is 13.9. The molecule has 9 heteroatoms. The smallest absolute Gasteiger partial charge is 0.366 e. The first-order valence-corrected chi connectivity index (χ1v) is 11.9. The van der Waals surface area contributed by atoms with E-state index in [-0.39, 0.29) is 35.6 Å². The molecule has 180 valence electrons. The van der Waals surface area contributed by atoms with E-state index in [4.69, 9.17) is 0 Å². The van der Waals surface area contributed by atoms with Crippen LogP contribution in [0, 0.1) is 17.8 Å². The van der Waals surface area contributed by atoms with Gasteiger partial charge in [-0.2, -0.15) is 13.2 Å². The Kier molecular flexibility index (Phi) is 8.57. The second-order valence-electron chi connectivity index (χ2n) is 8.34. The number of hydrogen-bond donors (Lipinski definition) is 2. The molecule has 0 aliphatic rings. The minimum atomic E-state index is -5.10. The van der Waals surface area contributed by atoms with Crippen LogP contribution in [0.5, 0.6) is 0 Å². The number of halogens is 3. The molecule has 0 amide bonds. The van der Waals surface area contributed by atoms with Crippen LogP contribution in [0.4, 0.5) is 18.9 Å². The zero-order chi connectivity index (χ0) is 24.9. The van der Waals surface area contributed by atoms with E-state index < -0.39 is 27.4 Å². The van der Waals surface area contributed by atoms with Gasteiger partial charge in [-0.05, 0) is 44.0 Å². The molecule has 0 aliphatic carbocycles. The molecule has 0 heterocycles. The van der Waals surface area contributed by atoms with E-state index in [0.29, 0.717) is 0 Å². The average Bonchev–Trinajstić information content (AvgIpc) is 2.74. The Labute approximate surface area is 193 Å². The molecular weight excluding hydrogens is 453 g/mol. The van der Waals surface area contributed by atoms with Gasteiger partial charge in [0.1, 0.15) is 0 Å². The van der Waals surface area contributed by atoms with E-state index >= 15 is 0 Å². The molecule has 2 aromatic carbocycles. The fourth-order valence-corrected chi connectivity index (χ4v) is 4.65. The zero-order valence-corrected chi connectivity index (χ0v) is 19.8. The number of sulfonamides is 1. The molecule has 5 nitrogen and oxygen atoms in total. The highest BCUT2D eigenvalue weighted by molar-refractivity contribution is 7.92. The highest BCUT2D eigenvalue weighted by atomic mass is 32.2. The van der Waals surface area contributed by atoms with Crippen LogP contribution < -0.4 is 9.62 Å². The van der Waals surface area contributed by atoms with Crippen LogP contribution in [0.3, 0.4) is 0 Å². The van der Waals surface area contributed by atoms with E-state index in [1.807, 2.05) is 19.8 Å². The molecule has 33 heavy (non-hydrogen) atoms. The number of benzene rings is 2. The lowest BCUT2D eigenvalue weighted by Crippen LogP contribution is -2.41. The summed E-state index contributed by atoms with van der Waals surface area (Å²) in [4.78, 5) is 0.0155. The Morgan fingerprint density at radius 1 is 1.03 bits per heavy atom. The number of alkyl halides is 3. The Balaban J connectivity index is 2.58. The summed E-state index contributed by atoms with van der Waals surface area (Å²) in [6.45, 7) is 7.23. The first-order chi connectivity index (χ1) is 15.3. The van der Waals surface area contributed by atoms with Gasteiger partial charge in [-0.15, -0.1) is 0 Å². The van der Waals surface area contributed by atoms with E-state index in [1.165, 1.54) is 24.3 Å². The van der Waals surface area contributed by atoms with Crippen molar-refractivity contribution < 1.29 is 26.7 Å². The van der Waals surface area contributed by atoms with Crippen molar-refractivity contribution in [1.82, 2.24) is 5.32 Å². The first kappa shape index (κ1) is 26.7. The molecule has 0 bridgehead atoms. The summed E-state index contributed by atoms with van der Waals surface area (Å²) in [6.07, 6.45) is -5.10. The number of hydrogen-bond acceptors (Lipinski definition) is 4. The molecule has 0 aliphatic heterocycles. The molecule has 0 saturated heterocycles. The summed E-state index contributed by atoms with van der Waals surface area (Å²) in [5.41, 5.74) is -4.00. The number of nitrogens with zero attached hydrogens (tertiary/aromatic N) is 1. The quantitative estimate of drug-likeness (QED) is 0.551. The molecule has 1 atom stereocenters. The summed E-state index contributed by atoms with van der Waals surface area (Å²) in [6, 6.07) is 12.5. The summed E-state index contributed by atoms with van der Waals surface area (Å²) >= 11 is 0. The average molecular weight is 483 g/mol. The SMILES string of the molecule is CC(C)CN(c1cccc(C(O)(C#CCNC(C)C)C(F)(F)F)c1)S(=O)(=O)c1ccccc1. The van der Waals surface area contributed by atoms with Crippen LogP contribution >= 0.6 is 0 Å². The highest BCUT2D eigenvalue weighted by Crippen LogP contribution is 2.40. The van der Waals surface area contributed by atoms with Gasteiger partial charge in [0, 0.05) is 18.2 Å². The van der Waals surface area contributed by atoms with Crippen molar-refractivity contribution >= 4 is 15.7 Å². The Morgan fingerprint density at radius 3 is 2.21 bits per heavy atom. The van der Waals surface area contributed by atoms with Gasteiger partial charge in [0.2, 0.25) is 5.60 Å².